The Labute approximate surface area is 114 Å². The van der Waals surface area contributed by atoms with Gasteiger partial charge in [0.1, 0.15) is 5.82 Å². The fraction of sp³-hybridized carbons (Fsp3) is 0.125. The zero-order valence-corrected chi connectivity index (χ0v) is 11.0. The summed E-state index contributed by atoms with van der Waals surface area (Å²) in [5.74, 6) is -2.17. The van der Waals surface area contributed by atoms with Crippen molar-refractivity contribution in [3.8, 4) is 11.1 Å². The average Bonchev–Trinajstić information content (AvgIpc) is 2.65. The lowest BCUT2D eigenvalue weighted by Gasteiger charge is -2.11. The number of carbonyl (C=O) groups is 2. The first-order valence-corrected chi connectivity index (χ1v) is 6.14. The number of carboxylic acid groups (broad SMARTS) is 1. The standard InChI is InChI=1S/C16H11FO3/c1-7-6-10-13(12(8(7)2)16(19)20)9-4-3-5-11(17)14(9)15(10)18/h3-6H,1-2H3,(H,19,20). The van der Waals surface area contributed by atoms with Crippen LogP contribution in [0.25, 0.3) is 11.1 Å². The summed E-state index contributed by atoms with van der Waals surface area (Å²) in [5, 5.41) is 9.43. The molecule has 3 nitrogen and oxygen atoms in total. The number of aryl methyl sites for hydroxylation is 1. The highest BCUT2D eigenvalue weighted by molar-refractivity contribution is 6.24. The normalized spacial score (nSPS) is 12.2. The molecule has 1 aliphatic carbocycles. The van der Waals surface area contributed by atoms with Crippen LogP contribution in [0.3, 0.4) is 0 Å². The Morgan fingerprint density at radius 3 is 2.50 bits per heavy atom. The molecule has 0 saturated carbocycles. The van der Waals surface area contributed by atoms with E-state index in [1.54, 1.807) is 26.0 Å². The van der Waals surface area contributed by atoms with Crippen LogP contribution in [0.15, 0.2) is 24.3 Å². The Kier molecular flexibility index (Phi) is 2.51. The Hall–Kier alpha value is -2.49. The van der Waals surface area contributed by atoms with Crippen molar-refractivity contribution in [2.45, 2.75) is 13.8 Å². The number of carboxylic acids is 1. The summed E-state index contributed by atoms with van der Waals surface area (Å²) >= 11 is 0. The number of rotatable bonds is 1. The van der Waals surface area contributed by atoms with Crippen LogP contribution in [0.2, 0.25) is 0 Å². The maximum atomic E-state index is 13.9. The second-order valence-electron chi connectivity index (χ2n) is 4.91. The first kappa shape index (κ1) is 12.5. The third-order valence-electron chi connectivity index (χ3n) is 3.82. The summed E-state index contributed by atoms with van der Waals surface area (Å²) in [7, 11) is 0. The lowest BCUT2D eigenvalue weighted by atomic mass is 9.92. The molecule has 3 rings (SSSR count). The highest BCUT2D eigenvalue weighted by Crippen LogP contribution is 2.42. The minimum Gasteiger partial charge on any atom is -0.478 e. The van der Waals surface area contributed by atoms with Crippen molar-refractivity contribution in [2.75, 3.05) is 0 Å². The van der Waals surface area contributed by atoms with E-state index in [0.29, 0.717) is 22.3 Å². The Balaban J connectivity index is 2.50. The van der Waals surface area contributed by atoms with E-state index in [1.807, 2.05) is 0 Å². The molecule has 1 N–H and O–H groups in total. The quantitative estimate of drug-likeness (QED) is 0.737. The maximum Gasteiger partial charge on any atom is 0.336 e. The van der Waals surface area contributed by atoms with E-state index < -0.39 is 17.6 Å². The molecule has 2 aromatic rings. The van der Waals surface area contributed by atoms with Gasteiger partial charge in [0.15, 0.2) is 5.78 Å². The van der Waals surface area contributed by atoms with Crippen molar-refractivity contribution in [3.05, 3.63) is 57.9 Å². The van der Waals surface area contributed by atoms with Crippen LogP contribution in [0.5, 0.6) is 0 Å². The van der Waals surface area contributed by atoms with Crippen LogP contribution in [-0.4, -0.2) is 16.9 Å². The van der Waals surface area contributed by atoms with E-state index in [0.717, 1.165) is 0 Å². The van der Waals surface area contributed by atoms with Crippen LogP contribution >= 0.6 is 0 Å². The second-order valence-corrected chi connectivity index (χ2v) is 4.91. The first-order chi connectivity index (χ1) is 9.43. The molecule has 0 amide bonds. The molecular weight excluding hydrogens is 259 g/mol. The van der Waals surface area contributed by atoms with E-state index in [4.69, 9.17) is 0 Å². The van der Waals surface area contributed by atoms with Gasteiger partial charge in [0, 0.05) is 11.1 Å². The predicted molar refractivity (Wildman–Crippen MR) is 71.7 cm³/mol. The fourth-order valence-corrected chi connectivity index (χ4v) is 2.74. The monoisotopic (exact) mass is 270 g/mol. The topological polar surface area (TPSA) is 54.4 Å². The van der Waals surface area contributed by atoms with Crippen molar-refractivity contribution in [1.82, 2.24) is 0 Å². The van der Waals surface area contributed by atoms with E-state index in [9.17, 15) is 19.1 Å². The zero-order chi connectivity index (χ0) is 14.6. The number of halogens is 1. The molecule has 100 valence electrons. The van der Waals surface area contributed by atoms with Crippen LogP contribution in [0, 0.1) is 19.7 Å². The van der Waals surface area contributed by atoms with Crippen molar-refractivity contribution < 1.29 is 19.1 Å². The van der Waals surface area contributed by atoms with Gasteiger partial charge in [0.2, 0.25) is 0 Å². The molecule has 0 aliphatic heterocycles. The molecule has 0 saturated heterocycles. The van der Waals surface area contributed by atoms with Crippen molar-refractivity contribution in [3.63, 3.8) is 0 Å². The first-order valence-electron chi connectivity index (χ1n) is 6.14. The highest BCUT2D eigenvalue weighted by Gasteiger charge is 2.34. The van der Waals surface area contributed by atoms with Gasteiger partial charge in [0.05, 0.1) is 11.1 Å². The van der Waals surface area contributed by atoms with Crippen LogP contribution < -0.4 is 0 Å². The zero-order valence-electron chi connectivity index (χ0n) is 11.0. The van der Waals surface area contributed by atoms with E-state index in [1.165, 1.54) is 12.1 Å². The lowest BCUT2D eigenvalue weighted by molar-refractivity contribution is 0.0697. The molecule has 1 aliphatic rings. The third kappa shape index (κ3) is 1.45. The van der Waals surface area contributed by atoms with Crippen LogP contribution in [-0.2, 0) is 0 Å². The second kappa shape index (κ2) is 4.00. The number of fused-ring (bicyclic) bond motifs is 3. The molecule has 0 bridgehead atoms. The summed E-state index contributed by atoms with van der Waals surface area (Å²) in [4.78, 5) is 23.8. The van der Waals surface area contributed by atoms with Crippen molar-refractivity contribution >= 4 is 11.8 Å². The summed E-state index contributed by atoms with van der Waals surface area (Å²) in [6.45, 7) is 3.44. The highest BCUT2D eigenvalue weighted by atomic mass is 19.1. The van der Waals surface area contributed by atoms with Crippen LogP contribution in [0.4, 0.5) is 4.39 Å². The minimum absolute atomic E-state index is 0.0324. The molecule has 0 aromatic heterocycles. The van der Waals surface area contributed by atoms with Gasteiger partial charge in [-0.1, -0.05) is 12.1 Å². The van der Waals surface area contributed by atoms with Gasteiger partial charge in [-0.3, -0.25) is 4.79 Å². The molecular formula is C16H11FO3. The van der Waals surface area contributed by atoms with Gasteiger partial charge < -0.3 is 5.11 Å². The number of aromatic carboxylic acids is 1. The Morgan fingerprint density at radius 2 is 1.85 bits per heavy atom. The molecule has 20 heavy (non-hydrogen) atoms. The van der Waals surface area contributed by atoms with Crippen LogP contribution in [0.1, 0.15) is 37.4 Å². The number of hydrogen-bond acceptors (Lipinski definition) is 2. The van der Waals surface area contributed by atoms with Gasteiger partial charge in [-0.15, -0.1) is 0 Å². The van der Waals surface area contributed by atoms with Gasteiger partial charge in [-0.2, -0.15) is 0 Å². The van der Waals surface area contributed by atoms with Gasteiger partial charge >= 0.3 is 5.97 Å². The smallest absolute Gasteiger partial charge is 0.336 e. The predicted octanol–water partition coefficient (Wildman–Crippen LogP) is 3.35. The van der Waals surface area contributed by atoms with E-state index >= 15 is 0 Å². The summed E-state index contributed by atoms with van der Waals surface area (Å²) < 4.78 is 13.9. The molecule has 0 heterocycles. The molecule has 4 heteroatoms. The molecule has 2 aromatic carbocycles. The Morgan fingerprint density at radius 1 is 1.15 bits per heavy atom. The number of benzene rings is 2. The Bertz CT molecular complexity index is 791. The van der Waals surface area contributed by atoms with Gasteiger partial charge in [0.25, 0.3) is 0 Å². The SMILES string of the molecule is Cc1cc2c(c(C(=O)O)c1C)-c1cccc(F)c1C2=O. The summed E-state index contributed by atoms with van der Waals surface area (Å²) in [6, 6.07) is 5.92. The molecule has 0 atom stereocenters. The summed E-state index contributed by atoms with van der Waals surface area (Å²) in [6.07, 6.45) is 0. The molecule has 0 fully saturated rings. The number of carbonyl (C=O) groups excluding carboxylic acids is 1. The fourth-order valence-electron chi connectivity index (χ4n) is 2.74. The van der Waals surface area contributed by atoms with Gasteiger partial charge in [-0.05, 0) is 42.7 Å². The van der Waals surface area contributed by atoms with E-state index in [-0.39, 0.29) is 16.7 Å². The largest absolute Gasteiger partial charge is 0.478 e. The molecule has 0 spiro atoms. The average molecular weight is 270 g/mol. The minimum atomic E-state index is -1.10. The number of ketones is 1. The molecule has 0 unspecified atom stereocenters. The maximum absolute atomic E-state index is 13.9. The third-order valence-corrected chi connectivity index (χ3v) is 3.82. The van der Waals surface area contributed by atoms with E-state index in [2.05, 4.69) is 0 Å². The van der Waals surface area contributed by atoms with Crippen molar-refractivity contribution in [2.24, 2.45) is 0 Å². The van der Waals surface area contributed by atoms with Crippen molar-refractivity contribution in [1.29, 1.82) is 0 Å². The number of hydrogen-bond donors (Lipinski definition) is 1. The van der Waals surface area contributed by atoms with Gasteiger partial charge in [-0.25, -0.2) is 9.18 Å². The molecule has 0 radical (unpaired) electrons. The summed E-state index contributed by atoms with van der Waals surface area (Å²) in [5.41, 5.74) is 2.33. The lowest BCUT2D eigenvalue weighted by Crippen LogP contribution is -2.06.